The average molecular weight is 338 g/mol. The number of methoxy groups -OCH3 is 1. The summed E-state index contributed by atoms with van der Waals surface area (Å²) in [6, 6.07) is 9.76. The van der Waals surface area contributed by atoms with Crippen molar-refractivity contribution in [3.8, 4) is 5.75 Å². The smallest absolute Gasteiger partial charge is 0.262 e. The van der Waals surface area contributed by atoms with E-state index in [0.717, 1.165) is 10.0 Å². The molecule has 0 radical (unpaired) electrons. The molecule has 1 amide bonds. The number of anilines is 1. The lowest BCUT2D eigenvalue weighted by Crippen LogP contribution is -2.15. The average Bonchev–Trinajstić information content (AvgIpc) is 2.42. The number of halogens is 2. The van der Waals surface area contributed by atoms with E-state index in [9.17, 15) is 9.18 Å². The lowest BCUT2D eigenvalue weighted by atomic mass is 10.1. The topological polar surface area (TPSA) is 38.3 Å². The third-order valence-electron chi connectivity index (χ3n) is 2.87. The maximum absolute atomic E-state index is 13.8. The summed E-state index contributed by atoms with van der Waals surface area (Å²) >= 11 is 3.34. The SMILES string of the molecule is COc1cccc(F)c1C(=O)Nc1cc(Br)ccc1C. The van der Waals surface area contributed by atoms with Gasteiger partial charge in [-0.25, -0.2) is 4.39 Å². The molecule has 2 rings (SSSR count). The fraction of sp³-hybridized carbons (Fsp3) is 0.133. The molecule has 20 heavy (non-hydrogen) atoms. The van der Waals surface area contributed by atoms with Gasteiger partial charge in [-0.1, -0.05) is 28.1 Å². The zero-order chi connectivity index (χ0) is 14.7. The van der Waals surface area contributed by atoms with Crippen LogP contribution in [0.2, 0.25) is 0 Å². The maximum Gasteiger partial charge on any atom is 0.262 e. The first-order chi connectivity index (χ1) is 9.52. The van der Waals surface area contributed by atoms with Crippen LogP contribution in [0.15, 0.2) is 40.9 Å². The van der Waals surface area contributed by atoms with E-state index in [0.29, 0.717) is 5.69 Å². The van der Waals surface area contributed by atoms with Crippen LogP contribution < -0.4 is 10.1 Å². The normalized spacial score (nSPS) is 10.2. The van der Waals surface area contributed by atoms with Crippen LogP contribution in [0.5, 0.6) is 5.75 Å². The highest BCUT2D eigenvalue weighted by molar-refractivity contribution is 9.10. The molecule has 0 spiro atoms. The molecule has 104 valence electrons. The molecule has 0 aliphatic rings. The van der Waals surface area contributed by atoms with Crippen molar-refractivity contribution < 1.29 is 13.9 Å². The molecule has 0 saturated heterocycles. The Labute approximate surface area is 124 Å². The van der Waals surface area contributed by atoms with Gasteiger partial charge >= 0.3 is 0 Å². The Bertz CT molecular complexity index is 658. The van der Waals surface area contributed by atoms with Crippen molar-refractivity contribution in [2.24, 2.45) is 0 Å². The number of rotatable bonds is 3. The van der Waals surface area contributed by atoms with Crippen LogP contribution in [0, 0.1) is 12.7 Å². The summed E-state index contributed by atoms with van der Waals surface area (Å²) in [6.07, 6.45) is 0. The number of aryl methyl sites for hydroxylation is 1. The highest BCUT2D eigenvalue weighted by Gasteiger charge is 2.18. The molecule has 5 heteroatoms. The number of ether oxygens (including phenoxy) is 1. The third-order valence-corrected chi connectivity index (χ3v) is 3.36. The Morgan fingerprint density at radius 2 is 2.05 bits per heavy atom. The van der Waals surface area contributed by atoms with E-state index in [4.69, 9.17) is 4.74 Å². The maximum atomic E-state index is 13.8. The Balaban J connectivity index is 2.36. The fourth-order valence-electron chi connectivity index (χ4n) is 1.81. The quantitative estimate of drug-likeness (QED) is 0.913. The number of benzene rings is 2. The first-order valence-electron chi connectivity index (χ1n) is 5.93. The number of carbonyl (C=O) groups is 1. The Morgan fingerprint density at radius 1 is 1.30 bits per heavy atom. The van der Waals surface area contributed by atoms with E-state index < -0.39 is 11.7 Å². The van der Waals surface area contributed by atoms with E-state index >= 15 is 0 Å². The van der Waals surface area contributed by atoms with Gasteiger partial charge in [0.25, 0.3) is 5.91 Å². The minimum absolute atomic E-state index is 0.102. The van der Waals surface area contributed by atoms with Gasteiger partial charge in [-0.3, -0.25) is 4.79 Å². The summed E-state index contributed by atoms with van der Waals surface area (Å²) in [5.41, 5.74) is 1.40. The Kier molecular flexibility index (Phi) is 4.39. The molecule has 1 N–H and O–H groups in total. The van der Waals surface area contributed by atoms with E-state index in [2.05, 4.69) is 21.2 Å². The van der Waals surface area contributed by atoms with Crippen LogP contribution in [0.1, 0.15) is 15.9 Å². The van der Waals surface area contributed by atoms with Crippen molar-refractivity contribution in [2.75, 3.05) is 12.4 Å². The van der Waals surface area contributed by atoms with Crippen LogP contribution in [0.3, 0.4) is 0 Å². The molecule has 2 aromatic rings. The highest BCUT2D eigenvalue weighted by Crippen LogP contribution is 2.25. The van der Waals surface area contributed by atoms with Crippen molar-refractivity contribution in [3.63, 3.8) is 0 Å². The second kappa shape index (κ2) is 6.05. The number of nitrogens with one attached hydrogen (secondary N) is 1. The third kappa shape index (κ3) is 2.99. The lowest BCUT2D eigenvalue weighted by Gasteiger charge is -2.12. The van der Waals surface area contributed by atoms with Crippen LogP contribution in [0.25, 0.3) is 0 Å². The van der Waals surface area contributed by atoms with Gasteiger partial charge < -0.3 is 10.1 Å². The van der Waals surface area contributed by atoms with E-state index in [-0.39, 0.29) is 11.3 Å². The van der Waals surface area contributed by atoms with Gasteiger partial charge in [-0.15, -0.1) is 0 Å². The summed E-state index contributed by atoms with van der Waals surface area (Å²) in [6.45, 7) is 1.86. The van der Waals surface area contributed by atoms with Crippen molar-refractivity contribution in [2.45, 2.75) is 6.92 Å². The highest BCUT2D eigenvalue weighted by atomic mass is 79.9. The molecular formula is C15H13BrFNO2. The summed E-state index contributed by atoms with van der Waals surface area (Å²) in [5, 5.41) is 2.69. The van der Waals surface area contributed by atoms with Gasteiger partial charge in [-0.05, 0) is 36.8 Å². The van der Waals surface area contributed by atoms with Crippen molar-refractivity contribution in [3.05, 3.63) is 57.8 Å². The van der Waals surface area contributed by atoms with Gasteiger partial charge in [0.15, 0.2) is 0 Å². The number of hydrogen-bond donors (Lipinski definition) is 1. The van der Waals surface area contributed by atoms with Crippen molar-refractivity contribution >= 4 is 27.5 Å². The Hall–Kier alpha value is -1.88. The molecule has 0 unspecified atom stereocenters. The second-order valence-corrected chi connectivity index (χ2v) is 5.15. The molecular weight excluding hydrogens is 325 g/mol. The minimum Gasteiger partial charge on any atom is -0.496 e. The number of amides is 1. The van der Waals surface area contributed by atoms with Crippen LogP contribution in [-0.4, -0.2) is 13.0 Å². The zero-order valence-corrected chi connectivity index (χ0v) is 12.6. The second-order valence-electron chi connectivity index (χ2n) is 4.23. The standard InChI is InChI=1S/C15H13BrFNO2/c1-9-6-7-10(16)8-12(9)18-15(19)14-11(17)4-3-5-13(14)20-2/h3-8H,1-2H3,(H,18,19). The predicted octanol–water partition coefficient (Wildman–Crippen LogP) is 4.16. The monoisotopic (exact) mass is 337 g/mol. The largest absolute Gasteiger partial charge is 0.496 e. The van der Waals surface area contributed by atoms with Crippen molar-refractivity contribution in [1.82, 2.24) is 0 Å². The first kappa shape index (κ1) is 14.5. The van der Waals surface area contributed by atoms with Gasteiger partial charge in [0.05, 0.1) is 7.11 Å². The molecule has 3 nitrogen and oxygen atoms in total. The minimum atomic E-state index is -0.616. The van der Waals surface area contributed by atoms with Crippen LogP contribution in [0.4, 0.5) is 10.1 Å². The fourth-order valence-corrected chi connectivity index (χ4v) is 2.17. The first-order valence-corrected chi connectivity index (χ1v) is 6.72. The van der Waals surface area contributed by atoms with Crippen molar-refractivity contribution in [1.29, 1.82) is 0 Å². The Morgan fingerprint density at radius 3 is 2.75 bits per heavy atom. The van der Waals surface area contributed by atoms with E-state index in [1.165, 1.54) is 19.2 Å². The summed E-state index contributed by atoms with van der Waals surface area (Å²) in [7, 11) is 1.40. The molecule has 0 fully saturated rings. The molecule has 0 bridgehead atoms. The van der Waals surface area contributed by atoms with Gasteiger partial charge in [-0.2, -0.15) is 0 Å². The number of carbonyl (C=O) groups excluding carboxylic acids is 1. The number of hydrogen-bond acceptors (Lipinski definition) is 2. The summed E-state index contributed by atoms with van der Waals surface area (Å²) in [4.78, 5) is 12.2. The molecule has 2 aromatic carbocycles. The molecule has 0 heterocycles. The molecule has 0 aliphatic heterocycles. The van der Waals surface area contributed by atoms with Gasteiger partial charge in [0, 0.05) is 10.2 Å². The van der Waals surface area contributed by atoms with E-state index in [1.807, 2.05) is 19.1 Å². The molecule has 0 saturated carbocycles. The molecule has 0 aromatic heterocycles. The molecule has 0 atom stereocenters. The van der Waals surface area contributed by atoms with Crippen LogP contribution in [-0.2, 0) is 0 Å². The summed E-state index contributed by atoms with van der Waals surface area (Å²) < 4.78 is 19.7. The lowest BCUT2D eigenvalue weighted by molar-refractivity contribution is 0.102. The van der Waals surface area contributed by atoms with E-state index in [1.54, 1.807) is 12.1 Å². The zero-order valence-electron chi connectivity index (χ0n) is 11.0. The predicted molar refractivity (Wildman–Crippen MR) is 79.8 cm³/mol. The van der Waals surface area contributed by atoms with Gasteiger partial charge in [0.2, 0.25) is 0 Å². The molecule has 0 aliphatic carbocycles. The summed E-state index contributed by atoms with van der Waals surface area (Å²) in [5.74, 6) is -0.953. The van der Waals surface area contributed by atoms with Crippen LogP contribution >= 0.6 is 15.9 Å². The van der Waals surface area contributed by atoms with Gasteiger partial charge in [0.1, 0.15) is 17.1 Å².